The first kappa shape index (κ1) is 36.3. The van der Waals surface area contributed by atoms with Crippen molar-refractivity contribution < 1.29 is 27.2 Å². The van der Waals surface area contributed by atoms with E-state index >= 15 is 0 Å². The monoisotopic (exact) mass is 560 g/mol. The standard InChI is InChI=1S/C29H54O6P2/c1-11-32-36(30,33-12-2)29(23-21-26(7)8,37(31,34-13-3)35-14-4)24-22-28(10)20-16-19-27(9)18-15-17-25(5)6/h17,19,21-22H,11-16,18,20,23-24H2,1-10H3. The van der Waals surface area contributed by atoms with E-state index in [1.165, 1.54) is 11.1 Å². The van der Waals surface area contributed by atoms with E-state index in [9.17, 15) is 9.13 Å². The molecule has 0 aromatic rings. The van der Waals surface area contributed by atoms with E-state index in [-0.39, 0.29) is 39.3 Å². The van der Waals surface area contributed by atoms with Crippen molar-refractivity contribution in [2.24, 2.45) is 0 Å². The summed E-state index contributed by atoms with van der Waals surface area (Å²) in [5.41, 5.74) is 4.85. The van der Waals surface area contributed by atoms with Crippen LogP contribution in [0.15, 0.2) is 46.6 Å². The topological polar surface area (TPSA) is 71.1 Å². The molecule has 6 nitrogen and oxygen atoms in total. The van der Waals surface area contributed by atoms with E-state index in [1.54, 1.807) is 27.7 Å². The normalized spacial score (nSPS) is 13.6. The maximum atomic E-state index is 14.5. The molecule has 0 saturated heterocycles. The van der Waals surface area contributed by atoms with Crippen LogP contribution in [0.4, 0.5) is 0 Å². The van der Waals surface area contributed by atoms with Gasteiger partial charge in [0.1, 0.15) is 0 Å². The molecule has 0 radical (unpaired) electrons. The molecule has 0 spiro atoms. The molecule has 0 aromatic heterocycles. The Bertz CT molecular complexity index is 827. The minimum atomic E-state index is -3.94. The third-order valence-electron chi connectivity index (χ3n) is 5.95. The molecule has 37 heavy (non-hydrogen) atoms. The predicted octanol–water partition coefficient (Wildman–Crippen LogP) is 10.4. The summed E-state index contributed by atoms with van der Waals surface area (Å²) in [4.78, 5) is -1.49. The molecular weight excluding hydrogens is 506 g/mol. The molecule has 0 fully saturated rings. The molecule has 0 heterocycles. The van der Waals surface area contributed by atoms with Crippen LogP contribution in [0, 0.1) is 0 Å². The first-order valence-electron chi connectivity index (χ1n) is 13.7. The predicted molar refractivity (Wildman–Crippen MR) is 159 cm³/mol. The minimum absolute atomic E-state index is 0.158. The molecule has 0 amide bonds. The van der Waals surface area contributed by atoms with Gasteiger partial charge in [-0.3, -0.25) is 9.13 Å². The number of rotatable bonds is 20. The van der Waals surface area contributed by atoms with Gasteiger partial charge in [0.05, 0.1) is 26.4 Å². The molecule has 0 unspecified atom stereocenters. The quantitative estimate of drug-likeness (QED) is 0.109. The summed E-state index contributed by atoms with van der Waals surface area (Å²) in [6.07, 6.45) is 12.7. The Balaban J connectivity index is 6.38. The fourth-order valence-electron chi connectivity index (χ4n) is 3.96. The first-order chi connectivity index (χ1) is 17.4. The largest absolute Gasteiger partial charge is 0.349 e. The lowest BCUT2D eigenvalue weighted by molar-refractivity contribution is 0.177. The summed E-state index contributed by atoms with van der Waals surface area (Å²) >= 11 is 0. The molecule has 0 aliphatic heterocycles. The lowest BCUT2D eigenvalue weighted by Crippen LogP contribution is -2.33. The van der Waals surface area contributed by atoms with Crippen molar-refractivity contribution in [1.29, 1.82) is 0 Å². The Labute approximate surface area is 228 Å². The second-order valence-corrected chi connectivity index (χ2v) is 14.9. The summed E-state index contributed by atoms with van der Waals surface area (Å²) in [5.74, 6) is 0. The molecular formula is C29H54O6P2. The van der Waals surface area contributed by atoms with E-state index in [1.807, 2.05) is 26.0 Å². The van der Waals surface area contributed by atoms with Gasteiger partial charge in [-0.1, -0.05) is 46.6 Å². The number of hydrogen-bond acceptors (Lipinski definition) is 6. The van der Waals surface area contributed by atoms with Crippen molar-refractivity contribution in [1.82, 2.24) is 0 Å². The van der Waals surface area contributed by atoms with Crippen molar-refractivity contribution >= 4 is 15.2 Å². The Morgan fingerprint density at radius 3 is 1.30 bits per heavy atom. The lowest BCUT2D eigenvalue weighted by Gasteiger charge is -2.41. The summed E-state index contributed by atoms with van der Waals surface area (Å²) in [6.45, 7) is 20.1. The van der Waals surface area contributed by atoms with Crippen LogP contribution in [0.2, 0.25) is 0 Å². The van der Waals surface area contributed by atoms with Crippen LogP contribution < -0.4 is 0 Å². The maximum Gasteiger partial charge on any atom is 0.349 e. The highest BCUT2D eigenvalue weighted by Gasteiger charge is 2.63. The first-order valence-corrected chi connectivity index (χ1v) is 16.8. The van der Waals surface area contributed by atoms with Crippen LogP contribution in [0.3, 0.4) is 0 Å². The lowest BCUT2D eigenvalue weighted by atomic mass is 10.0. The third kappa shape index (κ3) is 11.9. The smallest absolute Gasteiger partial charge is 0.308 e. The second-order valence-electron chi connectivity index (χ2n) is 9.80. The highest BCUT2D eigenvalue weighted by atomic mass is 31.2. The van der Waals surface area contributed by atoms with E-state index in [0.29, 0.717) is 0 Å². The van der Waals surface area contributed by atoms with Gasteiger partial charge in [-0.25, -0.2) is 0 Å². The molecule has 0 aliphatic rings. The van der Waals surface area contributed by atoms with Crippen molar-refractivity contribution in [2.45, 2.75) is 113 Å². The molecule has 0 atom stereocenters. The van der Waals surface area contributed by atoms with Gasteiger partial charge in [-0.2, -0.15) is 0 Å². The van der Waals surface area contributed by atoms with Gasteiger partial charge in [0.25, 0.3) is 0 Å². The molecule has 0 rings (SSSR count). The van der Waals surface area contributed by atoms with E-state index in [4.69, 9.17) is 18.1 Å². The third-order valence-corrected chi connectivity index (χ3v) is 12.6. The van der Waals surface area contributed by atoms with Gasteiger partial charge in [0, 0.05) is 0 Å². The SMILES string of the molecule is CCOP(=O)(OCC)C(CC=C(C)C)(CC=C(C)CCC=C(C)CCC=C(C)C)P(=O)(OCC)OCC. The van der Waals surface area contributed by atoms with Crippen LogP contribution in [0.25, 0.3) is 0 Å². The van der Waals surface area contributed by atoms with Gasteiger partial charge in [-0.15, -0.1) is 0 Å². The van der Waals surface area contributed by atoms with Crippen molar-refractivity contribution in [3.63, 3.8) is 0 Å². The van der Waals surface area contributed by atoms with Crippen LogP contribution in [0.5, 0.6) is 0 Å². The average Bonchev–Trinajstić information content (AvgIpc) is 2.79. The molecule has 216 valence electrons. The Morgan fingerprint density at radius 2 is 0.919 bits per heavy atom. The average molecular weight is 561 g/mol. The number of allylic oxidation sites excluding steroid dienone is 8. The zero-order valence-corrected chi connectivity index (χ0v) is 27.0. The Morgan fingerprint density at radius 1 is 0.568 bits per heavy atom. The van der Waals surface area contributed by atoms with Gasteiger partial charge in [-0.05, 0) is 108 Å². The maximum absolute atomic E-state index is 14.5. The molecule has 0 N–H and O–H groups in total. The molecule has 8 heteroatoms. The second kappa shape index (κ2) is 18.5. The molecule has 0 saturated carbocycles. The highest BCUT2D eigenvalue weighted by Crippen LogP contribution is 2.80. The molecule has 0 aromatic carbocycles. The zero-order chi connectivity index (χ0) is 28.5. The van der Waals surface area contributed by atoms with Gasteiger partial charge in [0.15, 0.2) is 4.90 Å². The van der Waals surface area contributed by atoms with E-state index < -0.39 is 20.1 Å². The van der Waals surface area contributed by atoms with Gasteiger partial charge < -0.3 is 18.1 Å². The summed E-state index contributed by atoms with van der Waals surface area (Å²) in [5, 5.41) is 0. The summed E-state index contributed by atoms with van der Waals surface area (Å²) < 4.78 is 52.3. The zero-order valence-electron chi connectivity index (χ0n) is 25.2. The highest BCUT2D eigenvalue weighted by molar-refractivity contribution is 7.74. The minimum Gasteiger partial charge on any atom is -0.308 e. The van der Waals surface area contributed by atoms with Crippen LogP contribution in [-0.2, 0) is 27.2 Å². The van der Waals surface area contributed by atoms with Crippen molar-refractivity contribution in [2.75, 3.05) is 26.4 Å². The molecule has 0 aliphatic carbocycles. The van der Waals surface area contributed by atoms with E-state index in [2.05, 4.69) is 39.8 Å². The van der Waals surface area contributed by atoms with Crippen LogP contribution >= 0.6 is 15.2 Å². The van der Waals surface area contributed by atoms with E-state index in [0.717, 1.165) is 36.8 Å². The van der Waals surface area contributed by atoms with Gasteiger partial charge in [0.2, 0.25) is 0 Å². The number of hydrogen-bond donors (Lipinski definition) is 0. The molecule has 0 bridgehead atoms. The fraction of sp³-hybridized carbons (Fsp3) is 0.724. The van der Waals surface area contributed by atoms with Crippen LogP contribution in [0.1, 0.15) is 108 Å². The van der Waals surface area contributed by atoms with Crippen LogP contribution in [-0.4, -0.2) is 31.3 Å². The van der Waals surface area contributed by atoms with Gasteiger partial charge >= 0.3 is 15.2 Å². The Hall–Kier alpha value is -0.740. The summed E-state index contributed by atoms with van der Waals surface area (Å²) in [7, 11) is -7.87. The van der Waals surface area contributed by atoms with Crippen molar-refractivity contribution in [3.8, 4) is 0 Å². The summed E-state index contributed by atoms with van der Waals surface area (Å²) in [6, 6.07) is 0. The Kier molecular flexibility index (Phi) is 18.2. The van der Waals surface area contributed by atoms with Crippen molar-refractivity contribution in [3.05, 3.63) is 46.6 Å². The fourth-order valence-corrected chi connectivity index (χ4v) is 9.58.